The molecule has 1 heterocycles. The van der Waals surface area contributed by atoms with E-state index in [0.29, 0.717) is 23.5 Å². The summed E-state index contributed by atoms with van der Waals surface area (Å²) in [6.07, 6.45) is -2.79. The topological polar surface area (TPSA) is 143 Å². The molecule has 238 valence electrons. The maximum absolute atomic E-state index is 13.9. The third kappa shape index (κ3) is 7.92. The summed E-state index contributed by atoms with van der Waals surface area (Å²) >= 11 is 5.61. The van der Waals surface area contributed by atoms with Crippen molar-refractivity contribution in [2.75, 3.05) is 5.32 Å². The first-order valence-electron chi connectivity index (χ1n) is 13.9. The Morgan fingerprint density at radius 3 is 2.39 bits per heavy atom. The molecule has 0 aliphatic carbocycles. The van der Waals surface area contributed by atoms with Gasteiger partial charge in [0, 0.05) is 49.2 Å². The van der Waals surface area contributed by atoms with Crippen molar-refractivity contribution in [3.8, 4) is 6.07 Å². The molecule has 3 aromatic carbocycles. The molecule has 0 aliphatic rings. The molecule has 0 saturated heterocycles. The van der Waals surface area contributed by atoms with Crippen molar-refractivity contribution in [3.05, 3.63) is 123 Å². The van der Waals surface area contributed by atoms with Gasteiger partial charge in [-0.25, -0.2) is 4.98 Å². The summed E-state index contributed by atoms with van der Waals surface area (Å²) in [6, 6.07) is 19.4. The van der Waals surface area contributed by atoms with Gasteiger partial charge in [0.05, 0.1) is 40.0 Å². The Bertz CT molecular complexity index is 1770. The van der Waals surface area contributed by atoms with E-state index in [0.717, 1.165) is 11.6 Å². The van der Waals surface area contributed by atoms with Gasteiger partial charge in [0.15, 0.2) is 5.11 Å². The number of alkyl halides is 3. The summed E-state index contributed by atoms with van der Waals surface area (Å²) in [7, 11) is 0. The van der Waals surface area contributed by atoms with Gasteiger partial charge in [0.25, 0.3) is 5.69 Å². The molecule has 4 aromatic rings. The minimum Gasteiger partial charge on any atom is -0.333 e. The van der Waals surface area contributed by atoms with Crippen LogP contribution < -0.4 is 11.1 Å². The first kappa shape index (κ1) is 33.8. The van der Waals surface area contributed by atoms with Gasteiger partial charge >= 0.3 is 6.18 Å². The van der Waals surface area contributed by atoms with Crippen molar-refractivity contribution in [1.82, 2.24) is 14.5 Å². The van der Waals surface area contributed by atoms with E-state index in [1.807, 2.05) is 0 Å². The number of nitro groups is 1. The number of thiocarbonyl (C=S) groups is 1. The number of hydrogen-bond acceptors (Lipinski definition) is 7. The predicted octanol–water partition coefficient (Wildman–Crippen LogP) is 6.05. The molecular formula is C32H30F3N7O3S. The zero-order valence-electron chi connectivity index (χ0n) is 24.9. The van der Waals surface area contributed by atoms with Crippen molar-refractivity contribution < 1.29 is 22.9 Å². The Morgan fingerprint density at radius 1 is 1.13 bits per heavy atom. The minimum absolute atomic E-state index is 0.0769. The van der Waals surface area contributed by atoms with Crippen LogP contribution in [0.1, 0.15) is 41.8 Å². The van der Waals surface area contributed by atoms with Crippen molar-refractivity contribution in [2.24, 2.45) is 11.1 Å². The molecule has 0 saturated carbocycles. The highest BCUT2D eigenvalue weighted by Gasteiger charge is 2.40. The third-order valence-electron chi connectivity index (χ3n) is 7.62. The summed E-state index contributed by atoms with van der Waals surface area (Å²) in [6.45, 7) is 3.20. The maximum atomic E-state index is 13.9. The maximum Gasteiger partial charge on any atom is 0.416 e. The van der Waals surface area contributed by atoms with Crippen LogP contribution in [0.2, 0.25) is 0 Å². The number of hydrogen-bond donors (Lipinski definition) is 2. The molecule has 1 unspecified atom stereocenters. The number of benzene rings is 3. The summed E-state index contributed by atoms with van der Waals surface area (Å²) < 4.78 is 43.6. The highest BCUT2D eigenvalue weighted by molar-refractivity contribution is 7.80. The monoisotopic (exact) mass is 649 g/mol. The van der Waals surface area contributed by atoms with E-state index in [2.05, 4.69) is 16.4 Å². The second-order valence-corrected chi connectivity index (χ2v) is 11.5. The number of nitrogens with one attached hydrogen (secondary N) is 1. The first-order valence-corrected chi connectivity index (χ1v) is 14.4. The zero-order chi connectivity index (χ0) is 33.6. The highest BCUT2D eigenvalue weighted by Crippen LogP contribution is 2.34. The molecule has 0 radical (unpaired) electrons. The van der Waals surface area contributed by atoms with Crippen LogP contribution in [0.5, 0.6) is 0 Å². The SMILES string of the molecule is CC(C)(C(=O)Cc1cncn1Cc1ccc(C#N)cc1)C(N)N(Cc1ccccc1C(F)(F)F)C(=S)Nc1ccc([N+](=O)[O-])cc1. The molecule has 0 fully saturated rings. The standard InChI is InChI=1S/C32H30F3N7O3S/c1-31(2,28(43)15-26-17-38-20-40(26)18-22-9-7-21(16-36)8-10-22)29(37)41(19-23-5-3-4-6-27(23)32(33,34)35)30(46)39-24-11-13-25(14-12-24)42(44)45/h3-14,17,20,29H,15,18-19,37H2,1-2H3,(H,39,46). The van der Waals surface area contributed by atoms with Gasteiger partial charge < -0.3 is 20.5 Å². The van der Waals surface area contributed by atoms with Crippen LogP contribution in [-0.2, 0) is 30.5 Å². The number of anilines is 1. The molecule has 0 spiro atoms. The molecule has 0 amide bonds. The minimum atomic E-state index is -4.65. The zero-order valence-corrected chi connectivity index (χ0v) is 25.7. The summed E-state index contributed by atoms with van der Waals surface area (Å²) in [4.78, 5) is 29.8. The largest absolute Gasteiger partial charge is 0.416 e. The summed E-state index contributed by atoms with van der Waals surface area (Å²) in [5.41, 5.74) is 6.56. The fourth-order valence-electron chi connectivity index (χ4n) is 4.74. The van der Waals surface area contributed by atoms with Gasteiger partial charge in [0.2, 0.25) is 0 Å². The number of nitrogens with zero attached hydrogens (tertiary/aromatic N) is 5. The summed E-state index contributed by atoms with van der Waals surface area (Å²) in [5, 5.41) is 22.9. The van der Waals surface area contributed by atoms with E-state index in [-0.39, 0.29) is 35.1 Å². The molecule has 0 bridgehead atoms. The van der Waals surface area contributed by atoms with Gasteiger partial charge in [-0.2, -0.15) is 18.4 Å². The van der Waals surface area contributed by atoms with Crippen LogP contribution >= 0.6 is 12.2 Å². The van der Waals surface area contributed by atoms with E-state index in [4.69, 9.17) is 23.2 Å². The highest BCUT2D eigenvalue weighted by atomic mass is 32.1. The number of ketones is 1. The molecule has 10 nitrogen and oxygen atoms in total. The molecule has 4 rings (SSSR count). The van der Waals surface area contributed by atoms with Crippen molar-refractivity contribution >= 4 is 34.5 Å². The lowest BCUT2D eigenvalue weighted by Crippen LogP contribution is -2.57. The first-order chi connectivity index (χ1) is 21.7. The molecule has 3 N–H and O–H groups in total. The Morgan fingerprint density at radius 2 is 1.78 bits per heavy atom. The number of Topliss-reactive ketones (excluding diaryl/α,β-unsaturated/α-hetero) is 1. The average molecular weight is 650 g/mol. The van der Waals surface area contributed by atoms with E-state index >= 15 is 0 Å². The molecule has 1 atom stereocenters. The van der Waals surface area contributed by atoms with Gasteiger partial charge in [-0.1, -0.05) is 30.3 Å². The van der Waals surface area contributed by atoms with Crippen LogP contribution in [0.4, 0.5) is 24.5 Å². The number of carbonyl (C=O) groups excluding carboxylic acids is 1. The molecule has 46 heavy (non-hydrogen) atoms. The van der Waals surface area contributed by atoms with Crippen LogP contribution in [-0.4, -0.2) is 36.4 Å². The van der Waals surface area contributed by atoms with Crippen molar-refractivity contribution in [3.63, 3.8) is 0 Å². The lowest BCUT2D eigenvalue weighted by Gasteiger charge is -2.40. The predicted molar refractivity (Wildman–Crippen MR) is 169 cm³/mol. The molecule has 0 aliphatic heterocycles. The number of halogens is 3. The molecule has 14 heteroatoms. The van der Waals surface area contributed by atoms with Crippen LogP contribution in [0.3, 0.4) is 0 Å². The number of nitriles is 1. The Labute approximate surface area is 268 Å². The fraction of sp³-hybridized carbons (Fsp3) is 0.250. The smallest absolute Gasteiger partial charge is 0.333 e. The van der Waals surface area contributed by atoms with Gasteiger partial charge in [-0.15, -0.1) is 0 Å². The van der Waals surface area contributed by atoms with E-state index in [9.17, 15) is 28.1 Å². The lowest BCUT2D eigenvalue weighted by molar-refractivity contribution is -0.384. The third-order valence-corrected chi connectivity index (χ3v) is 7.96. The van der Waals surface area contributed by atoms with Gasteiger partial charge in [0.1, 0.15) is 5.78 Å². The number of aromatic nitrogens is 2. The number of non-ortho nitro benzene ring substituents is 1. The number of imidazole rings is 1. The van der Waals surface area contributed by atoms with E-state index < -0.39 is 28.2 Å². The Hall–Kier alpha value is -5.13. The number of nitrogens with two attached hydrogens (primary N) is 1. The Kier molecular flexibility index (Phi) is 10.2. The van der Waals surface area contributed by atoms with Crippen LogP contribution in [0, 0.1) is 26.9 Å². The lowest BCUT2D eigenvalue weighted by atomic mass is 9.82. The van der Waals surface area contributed by atoms with Crippen LogP contribution in [0.25, 0.3) is 0 Å². The van der Waals surface area contributed by atoms with Crippen molar-refractivity contribution in [2.45, 2.75) is 45.7 Å². The second-order valence-electron chi connectivity index (χ2n) is 11.1. The number of carbonyl (C=O) groups is 1. The fourth-order valence-corrected chi connectivity index (χ4v) is 5.04. The van der Waals surface area contributed by atoms with Gasteiger partial charge in [-0.3, -0.25) is 14.9 Å². The second kappa shape index (κ2) is 13.9. The average Bonchev–Trinajstić information content (AvgIpc) is 3.45. The number of nitro benzene ring substituents is 1. The van der Waals surface area contributed by atoms with Crippen molar-refractivity contribution in [1.29, 1.82) is 5.26 Å². The Balaban J connectivity index is 1.61. The van der Waals surface area contributed by atoms with E-state index in [1.54, 1.807) is 55.2 Å². The molecular weight excluding hydrogens is 619 g/mol. The number of rotatable bonds is 11. The van der Waals surface area contributed by atoms with E-state index in [1.165, 1.54) is 47.4 Å². The molecule has 1 aromatic heterocycles. The normalized spacial score (nSPS) is 12.2. The quantitative estimate of drug-likeness (QED) is 0.0859. The van der Waals surface area contributed by atoms with Gasteiger partial charge in [-0.05, 0) is 67.5 Å². The summed E-state index contributed by atoms with van der Waals surface area (Å²) in [5.74, 6) is -0.311. The van der Waals surface area contributed by atoms with Crippen LogP contribution in [0.15, 0.2) is 85.3 Å².